The van der Waals surface area contributed by atoms with Gasteiger partial charge in [0.25, 0.3) is 0 Å². The normalized spacial score (nSPS) is 8.07. The van der Waals surface area contributed by atoms with Crippen molar-refractivity contribution in [2.75, 3.05) is 12.3 Å². The zero-order valence-corrected chi connectivity index (χ0v) is 9.23. The van der Waals surface area contributed by atoms with Crippen molar-refractivity contribution in [2.24, 2.45) is 0 Å². The first kappa shape index (κ1) is 15.5. The van der Waals surface area contributed by atoms with Crippen molar-refractivity contribution in [1.82, 2.24) is 4.98 Å². The third-order valence-corrected chi connectivity index (χ3v) is 1.30. The molecular formula is C8H12Cl2N2O2. The maximum absolute atomic E-state index is 11.1. The van der Waals surface area contributed by atoms with Crippen molar-refractivity contribution in [2.45, 2.75) is 6.92 Å². The Morgan fingerprint density at radius 2 is 2.14 bits per heavy atom. The fraction of sp³-hybridized carbons (Fsp3) is 0.250. The van der Waals surface area contributed by atoms with E-state index in [1.807, 2.05) is 0 Å². The summed E-state index contributed by atoms with van der Waals surface area (Å²) in [5.41, 5.74) is 5.76. The molecule has 1 aromatic heterocycles. The van der Waals surface area contributed by atoms with Gasteiger partial charge < -0.3 is 10.5 Å². The van der Waals surface area contributed by atoms with Gasteiger partial charge in [-0.3, -0.25) is 0 Å². The summed E-state index contributed by atoms with van der Waals surface area (Å²) in [4.78, 5) is 14.8. The van der Waals surface area contributed by atoms with Gasteiger partial charge in [-0.2, -0.15) is 0 Å². The summed E-state index contributed by atoms with van der Waals surface area (Å²) in [5.74, 6) is 0.0213. The van der Waals surface area contributed by atoms with Gasteiger partial charge in [0.05, 0.1) is 12.2 Å². The minimum Gasteiger partial charge on any atom is -0.462 e. The summed E-state index contributed by atoms with van der Waals surface area (Å²) in [6, 6.07) is 3.15. The Bertz CT molecular complexity index is 277. The average Bonchev–Trinajstić information content (AvgIpc) is 2.06. The Morgan fingerprint density at radius 1 is 1.50 bits per heavy atom. The molecule has 0 bridgehead atoms. The molecule has 0 saturated heterocycles. The number of nitrogens with zero attached hydrogens (tertiary/aromatic N) is 1. The maximum Gasteiger partial charge on any atom is 0.339 e. The highest BCUT2D eigenvalue weighted by Gasteiger charge is 2.04. The van der Waals surface area contributed by atoms with E-state index in [0.717, 1.165) is 0 Å². The van der Waals surface area contributed by atoms with E-state index in [2.05, 4.69) is 4.98 Å². The molecule has 0 fully saturated rings. The minimum absolute atomic E-state index is 0. The first-order chi connectivity index (χ1) is 5.74. The Hall–Kier alpha value is -1.00. The molecule has 0 aromatic carbocycles. The largest absolute Gasteiger partial charge is 0.462 e. The SMILES string of the molecule is CCOC(=O)c1ccc(N)nc1.Cl.Cl. The van der Waals surface area contributed by atoms with Crippen molar-refractivity contribution in [3.05, 3.63) is 23.9 Å². The average molecular weight is 239 g/mol. The summed E-state index contributed by atoms with van der Waals surface area (Å²) in [6.45, 7) is 2.12. The van der Waals surface area contributed by atoms with Crippen molar-refractivity contribution < 1.29 is 9.53 Å². The van der Waals surface area contributed by atoms with E-state index in [0.29, 0.717) is 18.0 Å². The van der Waals surface area contributed by atoms with Gasteiger partial charge in [0.15, 0.2) is 0 Å². The van der Waals surface area contributed by atoms with Gasteiger partial charge in [-0.1, -0.05) is 0 Å². The lowest BCUT2D eigenvalue weighted by atomic mass is 10.3. The highest BCUT2D eigenvalue weighted by Crippen LogP contribution is 2.02. The molecule has 14 heavy (non-hydrogen) atoms. The van der Waals surface area contributed by atoms with Gasteiger partial charge in [-0.05, 0) is 19.1 Å². The Labute approximate surface area is 94.7 Å². The topological polar surface area (TPSA) is 65.2 Å². The quantitative estimate of drug-likeness (QED) is 0.797. The van der Waals surface area contributed by atoms with Gasteiger partial charge in [0, 0.05) is 6.20 Å². The van der Waals surface area contributed by atoms with Crippen LogP contribution in [-0.2, 0) is 4.74 Å². The monoisotopic (exact) mass is 238 g/mol. The number of carbonyl (C=O) groups excluding carboxylic acids is 1. The number of hydrogen-bond donors (Lipinski definition) is 1. The summed E-state index contributed by atoms with van der Waals surface area (Å²) < 4.78 is 4.75. The van der Waals surface area contributed by atoms with Crippen LogP contribution < -0.4 is 5.73 Å². The van der Waals surface area contributed by atoms with Crippen molar-refractivity contribution >= 4 is 36.6 Å². The maximum atomic E-state index is 11.1. The van der Waals surface area contributed by atoms with E-state index >= 15 is 0 Å². The van der Waals surface area contributed by atoms with Gasteiger partial charge >= 0.3 is 5.97 Å². The number of aromatic nitrogens is 1. The highest BCUT2D eigenvalue weighted by molar-refractivity contribution is 5.89. The molecular weight excluding hydrogens is 227 g/mol. The van der Waals surface area contributed by atoms with Crippen LogP contribution in [0.4, 0.5) is 5.82 Å². The second-order valence-corrected chi connectivity index (χ2v) is 2.19. The summed E-state index contributed by atoms with van der Waals surface area (Å²) in [7, 11) is 0. The molecule has 1 aromatic rings. The number of nitrogen functional groups attached to an aromatic ring is 1. The number of pyridine rings is 1. The van der Waals surface area contributed by atoms with E-state index < -0.39 is 0 Å². The molecule has 0 amide bonds. The van der Waals surface area contributed by atoms with Crippen LogP contribution in [0, 0.1) is 0 Å². The number of hydrogen-bond acceptors (Lipinski definition) is 4. The molecule has 4 nitrogen and oxygen atoms in total. The lowest BCUT2D eigenvalue weighted by Gasteiger charge is -2.00. The number of nitrogens with two attached hydrogens (primary N) is 1. The number of carbonyl (C=O) groups is 1. The van der Waals surface area contributed by atoms with Gasteiger partial charge in [0.2, 0.25) is 0 Å². The first-order valence-corrected chi connectivity index (χ1v) is 3.62. The fourth-order valence-corrected chi connectivity index (χ4v) is 0.740. The Morgan fingerprint density at radius 3 is 2.57 bits per heavy atom. The number of halogens is 2. The second-order valence-electron chi connectivity index (χ2n) is 2.19. The first-order valence-electron chi connectivity index (χ1n) is 3.62. The molecule has 0 unspecified atom stereocenters. The highest BCUT2D eigenvalue weighted by atomic mass is 35.5. The van der Waals surface area contributed by atoms with Gasteiger partial charge in [-0.25, -0.2) is 9.78 Å². The van der Waals surface area contributed by atoms with Crippen molar-refractivity contribution in [1.29, 1.82) is 0 Å². The van der Waals surface area contributed by atoms with Crippen molar-refractivity contribution in [3.8, 4) is 0 Å². The van der Waals surface area contributed by atoms with E-state index in [4.69, 9.17) is 10.5 Å². The van der Waals surface area contributed by atoms with Crippen molar-refractivity contribution in [3.63, 3.8) is 0 Å². The predicted molar refractivity (Wildman–Crippen MR) is 59.1 cm³/mol. The molecule has 0 aliphatic heterocycles. The molecule has 6 heteroatoms. The van der Waals surface area contributed by atoms with Gasteiger partial charge in [0.1, 0.15) is 5.82 Å². The summed E-state index contributed by atoms with van der Waals surface area (Å²) in [5, 5.41) is 0. The zero-order valence-electron chi connectivity index (χ0n) is 7.60. The number of esters is 1. The molecule has 0 atom stereocenters. The smallest absolute Gasteiger partial charge is 0.339 e. The molecule has 80 valence electrons. The minimum atomic E-state index is -0.370. The standard InChI is InChI=1S/C8H10N2O2.2ClH/c1-2-12-8(11)6-3-4-7(9)10-5-6;;/h3-5H,2H2,1H3,(H2,9,10);2*1H. The molecule has 0 spiro atoms. The number of ether oxygens (including phenoxy) is 1. The van der Waals surface area contributed by atoms with E-state index in [-0.39, 0.29) is 30.8 Å². The third-order valence-electron chi connectivity index (χ3n) is 1.30. The zero-order chi connectivity index (χ0) is 8.97. The summed E-state index contributed by atoms with van der Waals surface area (Å²) >= 11 is 0. The fourth-order valence-electron chi connectivity index (χ4n) is 0.740. The van der Waals surface area contributed by atoms with Crippen LogP contribution in [0.5, 0.6) is 0 Å². The molecule has 0 aliphatic carbocycles. The van der Waals surface area contributed by atoms with Crippen LogP contribution in [0.25, 0.3) is 0 Å². The van der Waals surface area contributed by atoms with Crippen LogP contribution in [0.15, 0.2) is 18.3 Å². The third kappa shape index (κ3) is 4.30. The predicted octanol–water partition coefficient (Wildman–Crippen LogP) is 1.68. The Kier molecular flexibility index (Phi) is 8.19. The van der Waals surface area contributed by atoms with Crippen LogP contribution in [0.2, 0.25) is 0 Å². The van der Waals surface area contributed by atoms with Gasteiger partial charge in [-0.15, -0.1) is 24.8 Å². The van der Waals surface area contributed by atoms with Crippen LogP contribution in [0.1, 0.15) is 17.3 Å². The van der Waals surface area contributed by atoms with Crippen LogP contribution in [-0.4, -0.2) is 17.6 Å². The molecule has 0 saturated carbocycles. The Balaban J connectivity index is 0. The summed E-state index contributed by atoms with van der Waals surface area (Å²) in [6.07, 6.45) is 1.40. The lowest BCUT2D eigenvalue weighted by Crippen LogP contribution is -2.05. The molecule has 0 radical (unpaired) electrons. The molecule has 1 heterocycles. The van der Waals surface area contributed by atoms with E-state index in [1.165, 1.54) is 6.20 Å². The molecule has 0 aliphatic rings. The lowest BCUT2D eigenvalue weighted by molar-refractivity contribution is 0.0526. The van der Waals surface area contributed by atoms with Crippen LogP contribution in [0.3, 0.4) is 0 Å². The number of rotatable bonds is 2. The molecule has 1 rings (SSSR count). The second kappa shape index (κ2) is 7.41. The van der Waals surface area contributed by atoms with Crippen LogP contribution >= 0.6 is 24.8 Å². The van der Waals surface area contributed by atoms with E-state index in [1.54, 1.807) is 19.1 Å². The molecule has 2 N–H and O–H groups in total. The number of anilines is 1. The van der Waals surface area contributed by atoms with E-state index in [9.17, 15) is 4.79 Å².